The quantitative estimate of drug-likeness (QED) is 0.767. The number of amides is 2. The van der Waals surface area contributed by atoms with Crippen molar-refractivity contribution in [2.45, 2.75) is 47.1 Å². The van der Waals surface area contributed by atoms with E-state index >= 15 is 0 Å². The molecule has 0 aromatic heterocycles. The number of carbonyl (C=O) groups is 2. The summed E-state index contributed by atoms with van der Waals surface area (Å²) < 4.78 is 5.18. The fourth-order valence-corrected chi connectivity index (χ4v) is 1.83. The van der Waals surface area contributed by atoms with Crippen LogP contribution in [-0.4, -0.2) is 48.0 Å². The van der Waals surface area contributed by atoms with E-state index in [0.717, 1.165) is 0 Å². The van der Waals surface area contributed by atoms with Crippen molar-refractivity contribution in [3.63, 3.8) is 0 Å². The molecule has 0 rings (SSSR count). The Balaban J connectivity index is 4.37. The van der Waals surface area contributed by atoms with Gasteiger partial charge in [-0.3, -0.25) is 4.79 Å². The fourth-order valence-electron chi connectivity index (χ4n) is 1.66. The highest BCUT2D eigenvalue weighted by Crippen LogP contribution is 2.16. The van der Waals surface area contributed by atoms with Crippen LogP contribution in [0.4, 0.5) is 4.79 Å². The molecule has 0 unspecified atom stereocenters. The van der Waals surface area contributed by atoms with Crippen molar-refractivity contribution in [3.8, 4) is 0 Å². The minimum absolute atomic E-state index is 0.0244. The van der Waals surface area contributed by atoms with Gasteiger partial charge in [0.15, 0.2) is 0 Å². The van der Waals surface area contributed by atoms with Gasteiger partial charge in [0.25, 0.3) is 0 Å². The summed E-state index contributed by atoms with van der Waals surface area (Å²) in [6.07, 6.45) is -0.447. The number of nitrogens with one attached hydrogen (secondary N) is 1. The number of alkyl halides is 1. The molecule has 0 aromatic carbocycles. The predicted octanol–water partition coefficient (Wildman–Crippen LogP) is 2.62. The summed E-state index contributed by atoms with van der Waals surface area (Å²) in [5.74, 6) is -0.122. The van der Waals surface area contributed by atoms with Crippen molar-refractivity contribution in [2.75, 3.05) is 25.5 Å². The average molecular weight is 307 g/mol. The number of nitrogens with zero attached hydrogens (tertiary/aromatic N) is 1. The Morgan fingerprint density at radius 1 is 1.20 bits per heavy atom. The lowest BCUT2D eigenvalue weighted by atomic mass is 9.92. The van der Waals surface area contributed by atoms with Crippen molar-refractivity contribution in [1.82, 2.24) is 10.2 Å². The smallest absolute Gasteiger partial charge is 0.407 e. The number of rotatable bonds is 6. The summed E-state index contributed by atoms with van der Waals surface area (Å²) in [6, 6.07) is 0. The fraction of sp³-hybridized carbons (Fsp3) is 0.857. The zero-order valence-corrected chi connectivity index (χ0v) is 14.1. The molecule has 0 heterocycles. The Kier molecular flexibility index (Phi) is 7.34. The number of halogens is 1. The zero-order valence-electron chi connectivity index (χ0n) is 13.4. The Bertz CT molecular complexity index is 338. The molecule has 0 spiro atoms. The second kappa shape index (κ2) is 7.72. The van der Waals surface area contributed by atoms with Gasteiger partial charge in [-0.1, -0.05) is 13.8 Å². The highest BCUT2D eigenvalue weighted by atomic mass is 35.5. The van der Waals surface area contributed by atoms with Crippen LogP contribution in [0.15, 0.2) is 0 Å². The molecule has 5 nitrogen and oxygen atoms in total. The summed E-state index contributed by atoms with van der Waals surface area (Å²) in [5.41, 5.74) is -0.771. The summed E-state index contributed by atoms with van der Waals surface area (Å²) in [6.45, 7) is 12.9. The highest BCUT2D eigenvalue weighted by Gasteiger charge is 2.25. The summed E-state index contributed by atoms with van der Waals surface area (Å²) in [5, 5.41) is 2.73. The van der Waals surface area contributed by atoms with E-state index in [9.17, 15) is 9.59 Å². The maximum Gasteiger partial charge on any atom is 0.407 e. The molecule has 0 aromatic rings. The van der Waals surface area contributed by atoms with Gasteiger partial charge in [0.1, 0.15) is 11.5 Å². The minimum atomic E-state index is -0.516. The first-order chi connectivity index (χ1) is 9.00. The lowest BCUT2D eigenvalue weighted by molar-refractivity contribution is -0.129. The minimum Gasteiger partial charge on any atom is -0.444 e. The summed E-state index contributed by atoms with van der Waals surface area (Å²) in [4.78, 5) is 24.9. The molecule has 118 valence electrons. The average Bonchev–Trinajstić information content (AvgIpc) is 2.30. The summed E-state index contributed by atoms with van der Waals surface area (Å²) in [7, 11) is 0. The van der Waals surface area contributed by atoms with E-state index in [4.69, 9.17) is 16.3 Å². The van der Waals surface area contributed by atoms with E-state index < -0.39 is 11.7 Å². The van der Waals surface area contributed by atoms with Crippen LogP contribution < -0.4 is 5.32 Å². The molecule has 0 bridgehead atoms. The van der Waals surface area contributed by atoms with Crippen molar-refractivity contribution >= 4 is 23.6 Å². The van der Waals surface area contributed by atoms with Gasteiger partial charge in [-0.2, -0.15) is 0 Å². The molecule has 0 aliphatic rings. The molecule has 0 aliphatic carbocycles. The van der Waals surface area contributed by atoms with Gasteiger partial charge in [0, 0.05) is 19.6 Å². The van der Waals surface area contributed by atoms with Crippen LogP contribution in [-0.2, 0) is 9.53 Å². The maximum atomic E-state index is 11.6. The largest absolute Gasteiger partial charge is 0.444 e. The third-order valence-electron chi connectivity index (χ3n) is 2.58. The third-order valence-corrected chi connectivity index (χ3v) is 2.81. The van der Waals surface area contributed by atoms with Crippen molar-refractivity contribution in [2.24, 2.45) is 5.41 Å². The van der Waals surface area contributed by atoms with E-state index in [2.05, 4.69) is 5.32 Å². The predicted molar refractivity (Wildman–Crippen MR) is 81.0 cm³/mol. The first-order valence-electron chi connectivity index (χ1n) is 6.81. The topological polar surface area (TPSA) is 58.6 Å². The SMILES string of the molecule is CCN(CC(C)(C)CNC(=O)OC(C)(C)C)C(=O)CCl. The zero-order chi connectivity index (χ0) is 16.0. The van der Waals surface area contributed by atoms with E-state index in [0.29, 0.717) is 19.6 Å². The molecule has 0 atom stereocenters. The number of hydrogen-bond acceptors (Lipinski definition) is 3. The van der Waals surface area contributed by atoms with Crippen LogP contribution in [0.1, 0.15) is 41.5 Å². The Labute approximate surface area is 127 Å². The van der Waals surface area contributed by atoms with Crippen molar-refractivity contribution < 1.29 is 14.3 Å². The Morgan fingerprint density at radius 2 is 1.75 bits per heavy atom. The number of hydrogen-bond donors (Lipinski definition) is 1. The van der Waals surface area contributed by atoms with E-state index in [1.165, 1.54) is 0 Å². The monoisotopic (exact) mass is 306 g/mol. The molecule has 0 saturated heterocycles. The highest BCUT2D eigenvalue weighted by molar-refractivity contribution is 6.27. The van der Waals surface area contributed by atoms with Crippen molar-refractivity contribution in [3.05, 3.63) is 0 Å². The molecule has 1 N–H and O–H groups in total. The standard InChI is InChI=1S/C14H27ClN2O3/c1-7-17(11(18)8-15)10-14(5,6)9-16-12(19)20-13(2,3)4/h7-10H2,1-6H3,(H,16,19). The van der Waals surface area contributed by atoms with Crippen LogP contribution in [0.2, 0.25) is 0 Å². The molecule has 6 heteroatoms. The van der Waals surface area contributed by atoms with Gasteiger partial charge in [-0.05, 0) is 33.1 Å². The lowest BCUT2D eigenvalue weighted by Crippen LogP contribution is -2.45. The second-order valence-corrected chi connectivity index (χ2v) is 6.83. The van der Waals surface area contributed by atoms with Gasteiger partial charge in [-0.15, -0.1) is 11.6 Å². The van der Waals surface area contributed by atoms with Crippen LogP contribution in [0.3, 0.4) is 0 Å². The van der Waals surface area contributed by atoms with Gasteiger partial charge < -0.3 is 15.0 Å². The van der Waals surface area contributed by atoms with Gasteiger partial charge in [-0.25, -0.2) is 4.79 Å². The molecular weight excluding hydrogens is 280 g/mol. The van der Waals surface area contributed by atoms with Gasteiger partial charge >= 0.3 is 6.09 Å². The Morgan fingerprint density at radius 3 is 2.15 bits per heavy atom. The number of alkyl carbamates (subject to hydrolysis) is 1. The summed E-state index contributed by atoms with van der Waals surface area (Å²) >= 11 is 5.57. The molecule has 0 fully saturated rings. The van der Waals surface area contributed by atoms with Crippen LogP contribution in [0.25, 0.3) is 0 Å². The van der Waals surface area contributed by atoms with Crippen molar-refractivity contribution in [1.29, 1.82) is 0 Å². The maximum absolute atomic E-state index is 11.6. The Hall–Kier alpha value is -0.970. The van der Waals surface area contributed by atoms with E-state index in [1.54, 1.807) is 4.90 Å². The van der Waals surface area contributed by atoms with Gasteiger partial charge in [0.05, 0.1) is 0 Å². The molecule has 2 amide bonds. The number of ether oxygens (including phenoxy) is 1. The second-order valence-electron chi connectivity index (χ2n) is 6.56. The molecule has 0 saturated carbocycles. The normalized spacial score (nSPS) is 11.9. The van der Waals surface area contributed by atoms with Crippen LogP contribution in [0.5, 0.6) is 0 Å². The van der Waals surface area contributed by atoms with Gasteiger partial charge in [0.2, 0.25) is 5.91 Å². The van der Waals surface area contributed by atoms with E-state index in [-0.39, 0.29) is 17.2 Å². The molecule has 0 radical (unpaired) electrons. The molecule has 20 heavy (non-hydrogen) atoms. The molecule has 0 aliphatic heterocycles. The van der Waals surface area contributed by atoms with Crippen LogP contribution >= 0.6 is 11.6 Å². The lowest BCUT2D eigenvalue weighted by Gasteiger charge is -2.32. The van der Waals surface area contributed by atoms with Crippen LogP contribution in [0, 0.1) is 5.41 Å². The molecular formula is C14H27ClN2O3. The first kappa shape index (κ1) is 19.0. The first-order valence-corrected chi connectivity index (χ1v) is 7.35. The number of carbonyl (C=O) groups excluding carboxylic acids is 2. The van der Waals surface area contributed by atoms with E-state index in [1.807, 2.05) is 41.5 Å². The third kappa shape index (κ3) is 8.25.